The molecule has 0 unspecified atom stereocenters. The van der Waals surface area contributed by atoms with E-state index in [1.165, 1.54) is 16.4 Å². The summed E-state index contributed by atoms with van der Waals surface area (Å²) in [5.74, 6) is 1.61. The number of carbonyl (C=O) groups excluding carboxylic acids is 1. The van der Waals surface area contributed by atoms with Gasteiger partial charge in [0.05, 0.1) is 18.2 Å². The van der Waals surface area contributed by atoms with Gasteiger partial charge in [-0.2, -0.15) is 4.31 Å². The molecule has 1 aromatic heterocycles. The molecule has 1 aliphatic rings. The van der Waals surface area contributed by atoms with Crippen molar-refractivity contribution in [2.45, 2.75) is 4.90 Å². The number of rotatable bonds is 8. The van der Waals surface area contributed by atoms with Crippen LogP contribution in [0.3, 0.4) is 0 Å². The minimum absolute atomic E-state index is 0.174. The Morgan fingerprint density at radius 1 is 0.971 bits per heavy atom. The van der Waals surface area contributed by atoms with Gasteiger partial charge in [-0.3, -0.25) is 9.78 Å². The summed E-state index contributed by atoms with van der Waals surface area (Å²) in [6.07, 6.45) is 4.88. The lowest BCUT2D eigenvalue weighted by Gasteiger charge is -2.34. The summed E-state index contributed by atoms with van der Waals surface area (Å²) in [6.45, 7) is 1.57. The van der Waals surface area contributed by atoms with E-state index in [0.717, 1.165) is 5.82 Å². The monoisotopic (exact) mass is 483 g/mol. The molecule has 2 heterocycles. The Morgan fingerprint density at radius 2 is 1.65 bits per heavy atom. The van der Waals surface area contributed by atoms with Crippen LogP contribution in [0.15, 0.2) is 72.0 Å². The maximum atomic E-state index is 13.0. The van der Waals surface area contributed by atoms with Gasteiger partial charge < -0.3 is 19.7 Å². The van der Waals surface area contributed by atoms with Crippen molar-refractivity contribution in [3.63, 3.8) is 0 Å². The van der Waals surface area contributed by atoms with Crippen LogP contribution in [0.5, 0.6) is 11.5 Å². The molecule has 0 radical (unpaired) electrons. The van der Waals surface area contributed by atoms with Crippen molar-refractivity contribution < 1.29 is 22.7 Å². The van der Waals surface area contributed by atoms with E-state index >= 15 is 0 Å². The zero-order valence-electron chi connectivity index (χ0n) is 18.6. The third-order valence-electron chi connectivity index (χ3n) is 5.32. The van der Waals surface area contributed by atoms with Gasteiger partial charge in [-0.1, -0.05) is 0 Å². The fourth-order valence-electron chi connectivity index (χ4n) is 3.49. The first-order valence-electron chi connectivity index (χ1n) is 10.6. The molecule has 34 heavy (non-hydrogen) atoms. The van der Waals surface area contributed by atoms with E-state index in [4.69, 9.17) is 9.47 Å². The second-order valence-electron chi connectivity index (χ2n) is 7.49. The average molecular weight is 484 g/mol. The molecule has 3 aromatic rings. The maximum absolute atomic E-state index is 13.0. The lowest BCUT2D eigenvalue weighted by Crippen LogP contribution is -2.48. The van der Waals surface area contributed by atoms with E-state index in [-0.39, 0.29) is 17.4 Å². The Kier molecular flexibility index (Phi) is 7.24. The van der Waals surface area contributed by atoms with Crippen LogP contribution in [0, 0.1) is 0 Å². The molecule has 0 bridgehead atoms. The van der Waals surface area contributed by atoms with Crippen molar-refractivity contribution in [3.8, 4) is 11.5 Å². The van der Waals surface area contributed by atoms with Crippen molar-refractivity contribution in [2.75, 3.05) is 50.1 Å². The van der Waals surface area contributed by atoms with E-state index in [2.05, 4.69) is 15.3 Å². The molecular weight excluding hydrogens is 458 g/mol. The highest BCUT2D eigenvalue weighted by molar-refractivity contribution is 7.89. The molecule has 178 valence electrons. The molecule has 10 nitrogen and oxygen atoms in total. The van der Waals surface area contributed by atoms with E-state index in [1.807, 2.05) is 4.90 Å². The molecule has 0 spiro atoms. The van der Waals surface area contributed by atoms with Crippen LogP contribution < -0.4 is 19.7 Å². The SMILES string of the molecule is COc1ccc(OCC(=O)Nc2ccc(S(=O)(=O)N3CCN(c4cnccn4)CC3)cc2)cc1. The standard InChI is InChI=1S/C23H25N5O5S/c1-32-19-4-6-20(7-5-19)33-17-23(29)26-18-2-8-21(9-3-18)34(30,31)28-14-12-27(13-15-28)22-16-24-10-11-25-22/h2-11,16H,12-15,17H2,1H3,(H,26,29). The number of aromatic nitrogens is 2. The fraction of sp³-hybridized carbons (Fsp3) is 0.261. The smallest absolute Gasteiger partial charge is 0.262 e. The second kappa shape index (κ2) is 10.5. The number of sulfonamides is 1. The Morgan fingerprint density at radius 3 is 2.26 bits per heavy atom. The van der Waals surface area contributed by atoms with Gasteiger partial charge in [0.25, 0.3) is 5.91 Å². The van der Waals surface area contributed by atoms with Crippen molar-refractivity contribution >= 4 is 27.4 Å². The minimum Gasteiger partial charge on any atom is -0.497 e. The number of methoxy groups -OCH3 is 1. The maximum Gasteiger partial charge on any atom is 0.262 e. The molecule has 1 fully saturated rings. The average Bonchev–Trinajstić information content (AvgIpc) is 2.89. The summed E-state index contributed by atoms with van der Waals surface area (Å²) in [5.41, 5.74) is 0.481. The summed E-state index contributed by atoms with van der Waals surface area (Å²) < 4.78 is 38.1. The van der Waals surface area contributed by atoms with E-state index < -0.39 is 10.0 Å². The van der Waals surface area contributed by atoms with Gasteiger partial charge in [0.2, 0.25) is 10.0 Å². The van der Waals surface area contributed by atoms with Crippen LogP contribution >= 0.6 is 0 Å². The molecule has 4 rings (SSSR count). The largest absolute Gasteiger partial charge is 0.497 e. The van der Waals surface area contributed by atoms with Crippen molar-refractivity contribution in [1.29, 1.82) is 0 Å². The van der Waals surface area contributed by atoms with Crippen LogP contribution in [0.2, 0.25) is 0 Å². The first kappa shape index (κ1) is 23.5. The van der Waals surface area contributed by atoms with Gasteiger partial charge in [-0.25, -0.2) is 13.4 Å². The van der Waals surface area contributed by atoms with Crippen molar-refractivity contribution in [1.82, 2.24) is 14.3 Å². The molecule has 1 saturated heterocycles. The van der Waals surface area contributed by atoms with Gasteiger partial charge >= 0.3 is 0 Å². The predicted octanol–water partition coefficient (Wildman–Crippen LogP) is 2.01. The number of hydrogen-bond acceptors (Lipinski definition) is 8. The summed E-state index contributed by atoms with van der Waals surface area (Å²) in [4.78, 5) is 22.7. The minimum atomic E-state index is -3.64. The molecule has 0 aliphatic carbocycles. The molecule has 2 aromatic carbocycles. The number of ether oxygens (including phenoxy) is 2. The number of nitrogens with one attached hydrogen (secondary N) is 1. The molecule has 1 N–H and O–H groups in total. The highest BCUT2D eigenvalue weighted by Crippen LogP contribution is 2.21. The fourth-order valence-corrected chi connectivity index (χ4v) is 4.91. The van der Waals surface area contributed by atoms with Crippen LogP contribution in [-0.4, -0.2) is 68.5 Å². The van der Waals surface area contributed by atoms with Gasteiger partial charge in [0.1, 0.15) is 17.3 Å². The molecule has 0 atom stereocenters. The lowest BCUT2D eigenvalue weighted by molar-refractivity contribution is -0.118. The molecule has 1 amide bonds. The number of piperazine rings is 1. The highest BCUT2D eigenvalue weighted by Gasteiger charge is 2.29. The van der Waals surface area contributed by atoms with Crippen molar-refractivity contribution in [3.05, 3.63) is 67.1 Å². The predicted molar refractivity (Wildman–Crippen MR) is 127 cm³/mol. The topological polar surface area (TPSA) is 114 Å². The Bertz CT molecular complexity index is 1200. The Hall–Kier alpha value is -3.70. The number of carbonyl (C=O) groups is 1. The van der Waals surface area contributed by atoms with Crippen LogP contribution in [0.1, 0.15) is 0 Å². The van der Waals surface area contributed by atoms with Crippen LogP contribution in [0.4, 0.5) is 11.5 Å². The second-order valence-corrected chi connectivity index (χ2v) is 9.43. The number of hydrogen-bond donors (Lipinski definition) is 1. The Balaban J connectivity index is 1.30. The first-order valence-corrected chi connectivity index (χ1v) is 12.1. The lowest BCUT2D eigenvalue weighted by atomic mass is 10.3. The third-order valence-corrected chi connectivity index (χ3v) is 7.23. The van der Waals surface area contributed by atoms with Gasteiger partial charge in [-0.15, -0.1) is 0 Å². The summed E-state index contributed by atoms with van der Waals surface area (Å²) >= 11 is 0. The zero-order valence-corrected chi connectivity index (χ0v) is 19.4. The zero-order chi connectivity index (χ0) is 24.0. The molecular formula is C23H25N5O5S. The summed E-state index contributed by atoms with van der Waals surface area (Å²) in [5, 5.41) is 2.70. The summed E-state index contributed by atoms with van der Waals surface area (Å²) in [7, 11) is -2.07. The molecule has 1 aliphatic heterocycles. The highest BCUT2D eigenvalue weighted by atomic mass is 32.2. The normalized spacial score (nSPS) is 14.4. The number of benzene rings is 2. The Labute approximate surface area is 198 Å². The summed E-state index contributed by atoms with van der Waals surface area (Å²) in [6, 6.07) is 13.0. The van der Waals surface area contributed by atoms with Crippen molar-refractivity contribution in [2.24, 2.45) is 0 Å². The van der Waals surface area contributed by atoms with Crippen LogP contribution in [0.25, 0.3) is 0 Å². The van der Waals surface area contributed by atoms with Gasteiger partial charge in [-0.05, 0) is 48.5 Å². The van der Waals surface area contributed by atoms with Gasteiger partial charge in [0, 0.05) is 44.3 Å². The van der Waals surface area contributed by atoms with E-state index in [9.17, 15) is 13.2 Å². The molecule has 11 heteroatoms. The quantitative estimate of drug-likeness (QED) is 0.518. The number of amides is 1. The van der Waals surface area contributed by atoms with E-state index in [1.54, 1.807) is 62.1 Å². The van der Waals surface area contributed by atoms with E-state index in [0.29, 0.717) is 43.4 Å². The number of anilines is 2. The van der Waals surface area contributed by atoms with Crippen LogP contribution in [-0.2, 0) is 14.8 Å². The number of nitrogens with zero attached hydrogens (tertiary/aromatic N) is 4. The first-order chi connectivity index (χ1) is 16.5. The third kappa shape index (κ3) is 5.61. The molecule has 0 saturated carbocycles. The van der Waals surface area contributed by atoms with Gasteiger partial charge in [0.15, 0.2) is 6.61 Å².